The molecule has 58 valence electrons. The first-order valence-electron chi connectivity index (χ1n) is 3.19. The molecule has 0 fully saturated rings. The Balaban J connectivity index is 3.14. The average Bonchev–Trinajstić information content (AvgIpc) is 2.04. The van der Waals surface area contributed by atoms with Crippen LogP contribution in [0, 0.1) is 0 Å². The predicted octanol–water partition coefficient (Wildman–Crippen LogP) is 2.65. The fourth-order valence-corrected chi connectivity index (χ4v) is 1.38. The maximum Gasteiger partial charge on any atom is 0.0848 e. The van der Waals surface area contributed by atoms with Crippen molar-refractivity contribution in [3.05, 3.63) is 34.3 Å². The third kappa shape index (κ3) is 1.80. The Morgan fingerprint density at radius 1 is 1.45 bits per heavy atom. The number of benzene rings is 1. The van der Waals surface area contributed by atoms with Crippen molar-refractivity contribution >= 4 is 21.6 Å². The number of hydrogen-bond acceptors (Lipinski definition) is 2. The molecular formula is C8H8BrNO. The van der Waals surface area contributed by atoms with Gasteiger partial charge < -0.3 is 5.21 Å². The first-order chi connectivity index (χ1) is 5.25. The van der Waals surface area contributed by atoms with Crippen molar-refractivity contribution in [3.8, 4) is 0 Å². The summed E-state index contributed by atoms with van der Waals surface area (Å²) < 4.78 is 0.940. The highest BCUT2D eigenvalue weighted by molar-refractivity contribution is 9.10. The zero-order valence-corrected chi connectivity index (χ0v) is 7.67. The Bertz CT molecular complexity index is 283. The van der Waals surface area contributed by atoms with Gasteiger partial charge in [0.1, 0.15) is 0 Å². The third-order valence-electron chi connectivity index (χ3n) is 1.41. The Morgan fingerprint density at radius 3 is 2.64 bits per heavy atom. The van der Waals surface area contributed by atoms with E-state index in [0.29, 0.717) is 5.71 Å². The van der Waals surface area contributed by atoms with Crippen LogP contribution >= 0.6 is 15.9 Å². The van der Waals surface area contributed by atoms with E-state index >= 15 is 0 Å². The summed E-state index contributed by atoms with van der Waals surface area (Å²) in [6.45, 7) is 1.75. The first-order valence-corrected chi connectivity index (χ1v) is 3.98. The second-order valence-electron chi connectivity index (χ2n) is 2.17. The van der Waals surface area contributed by atoms with E-state index in [1.54, 1.807) is 6.92 Å². The van der Waals surface area contributed by atoms with Crippen LogP contribution < -0.4 is 0 Å². The van der Waals surface area contributed by atoms with Gasteiger partial charge in [-0.2, -0.15) is 0 Å². The quantitative estimate of drug-likeness (QED) is 0.435. The van der Waals surface area contributed by atoms with Gasteiger partial charge in [0.05, 0.1) is 5.71 Å². The summed E-state index contributed by atoms with van der Waals surface area (Å²) in [6, 6.07) is 7.61. The molecule has 0 heterocycles. The molecule has 0 aliphatic rings. The van der Waals surface area contributed by atoms with Gasteiger partial charge in [-0.1, -0.05) is 39.3 Å². The highest BCUT2D eigenvalue weighted by Crippen LogP contribution is 2.16. The van der Waals surface area contributed by atoms with Gasteiger partial charge in [0.15, 0.2) is 0 Å². The monoisotopic (exact) mass is 213 g/mol. The molecule has 0 spiro atoms. The summed E-state index contributed by atoms with van der Waals surface area (Å²) in [6.07, 6.45) is 0. The number of rotatable bonds is 1. The molecule has 0 aliphatic carbocycles. The maximum absolute atomic E-state index is 8.48. The molecule has 2 nitrogen and oxygen atoms in total. The minimum atomic E-state index is 0.609. The van der Waals surface area contributed by atoms with Crippen molar-refractivity contribution in [3.63, 3.8) is 0 Å². The molecule has 0 saturated heterocycles. The van der Waals surface area contributed by atoms with Crippen LogP contribution in [0.2, 0.25) is 0 Å². The van der Waals surface area contributed by atoms with Gasteiger partial charge in [-0.05, 0) is 13.0 Å². The molecule has 0 aliphatic heterocycles. The van der Waals surface area contributed by atoms with E-state index in [9.17, 15) is 0 Å². The van der Waals surface area contributed by atoms with Gasteiger partial charge in [-0.25, -0.2) is 0 Å². The van der Waals surface area contributed by atoms with Gasteiger partial charge in [0, 0.05) is 10.0 Å². The minimum absolute atomic E-state index is 0.609. The van der Waals surface area contributed by atoms with Crippen molar-refractivity contribution in [2.75, 3.05) is 0 Å². The van der Waals surface area contributed by atoms with Gasteiger partial charge in [-0.3, -0.25) is 0 Å². The minimum Gasteiger partial charge on any atom is -0.411 e. The molecule has 0 aromatic heterocycles. The second-order valence-corrected chi connectivity index (χ2v) is 3.02. The molecule has 0 saturated carbocycles. The number of nitrogens with zero attached hydrogens (tertiary/aromatic N) is 1. The summed E-state index contributed by atoms with van der Waals surface area (Å²) >= 11 is 3.35. The lowest BCUT2D eigenvalue weighted by atomic mass is 10.1. The maximum atomic E-state index is 8.48. The molecule has 1 aromatic carbocycles. The van der Waals surface area contributed by atoms with Crippen LogP contribution in [0.4, 0.5) is 0 Å². The van der Waals surface area contributed by atoms with E-state index in [4.69, 9.17) is 5.21 Å². The van der Waals surface area contributed by atoms with Crippen molar-refractivity contribution in [2.45, 2.75) is 6.92 Å². The van der Waals surface area contributed by atoms with E-state index in [-0.39, 0.29) is 0 Å². The molecule has 1 rings (SSSR count). The summed E-state index contributed by atoms with van der Waals surface area (Å²) in [5, 5.41) is 11.6. The van der Waals surface area contributed by atoms with E-state index in [1.165, 1.54) is 0 Å². The van der Waals surface area contributed by atoms with Crippen LogP contribution in [-0.4, -0.2) is 10.9 Å². The smallest absolute Gasteiger partial charge is 0.0848 e. The molecule has 3 heteroatoms. The number of hydrogen-bond donors (Lipinski definition) is 1. The van der Waals surface area contributed by atoms with Crippen LogP contribution in [0.25, 0.3) is 0 Å². The van der Waals surface area contributed by atoms with Crippen molar-refractivity contribution in [1.82, 2.24) is 0 Å². The Kier molecular flexibility index (Phi) is 2.65. The molecule has 0 radical (unpaired) electrons. The lowest BCUT2D eigenvalue weighted by Crippen LogP contribution is -1.94. The third-order valence-corrected chi connectivity index (χ3v) is 2.11. The van der Waals surface area contributed by atoms with Gasteiger partial charge in [0.25, 0.3) is 0 Å². The van der Waals surface area contributed by atoms with Gasteiger partial charge >= 0.3 is 0 Å². The lowest BCUT2D eigenvalue weighted by molar-refractivity contribution is 0.319. The molecular weight excluding hydrogens is 206 g/mol. The van der Waals surface area contributed by atoms with Crippen molar-refractivity contribution in [1.29, 1.82) is 0 Å². The Morgan fingerprint density at radius 2 is 2.09 bits per heavy atom. The fourth-order valence-electron chi connectivity index (χ4n) is 0.808. The number of halogens is 1. The Labute approximate surface area is 73.7 Å². The van der Waals surface area contributed by atoms with E-state index in [1.807, 2.05) is 24.3 Å². The van der Waals surface area contributed by atoms with Crippen molar-refractivity contribution in [2.24, 2.45) is 5.16 Å². The lowest BCUT2D eigenvalue weighted by Gasteiger charge is -1.99. The normalized spacial score (nSPS) is 11.6. The molecule has 0 atom stereocenters. The SMILES string of the molecule is C/C(=N/O)c1ccccc1Br. The Hall–Kier alpha value is -0.830. The largest absolute Gasteiger partial charge is 0.411 e. The summed E-state index contributed by atoms with van der Waals surface area (Å²) in [4.78, 5) is 0. The van der Waals surface area contributed by atoms with Crippen LogP contribution in [0.5, 0.6) is 0 Å². The topological polar surface area (TPSA) is 32.6 Å². The molecule has 1 aromatic rings. The van der Waals surface area contributed by atoms with Crippen LogP contribution in [0.3, 0.4) is 0 Å². The van der Waals surface area contributed by atoms with Crippen LogP contribution in [0.15, 0.2) is 33.9 Å². The first kappa shape index (κ1) is 8.27. The summed E-state index contributed by atoms with van der Waals surface area (Å²) in [5.74, 6) is 0. The summed E-state index contributed by atoms with van der Waals surface area (Å²) in [7, 11) is 0. The summed E-state index contributed by atoms with van der Waals surface area (Å²) in [5.41, 5.74) is 1.52. The van der Waals surface area contributed by atoms with Crippen LogP contribution in [0.1, 0.15) is 12.5 Å². The molecule has 0 bridgehead atoms. The molecule has 0 amide bonds. The second kappa shape index (κ2) is 3.53. The molecule has 1 N–H and O–H groups in total. The highest BCUT2D eigenvalue weighted by atomic mass is 79.9. The molecule has 11 heavy (non-hydrogen) atoms. The zero-order chi connectivity index (χ0) is 8.27. The number of oxime groups is 1. The predicted molar refractivity (Wildman–Crippen MR) is 48.1 cm³/mol. The van der Waals surface area contributed by atoms with Gasteiger partial charge in [-0.15, -0.1) is 0 Å². The van der Waals surface area contributed by atoms with Crippen molar-refractivity contribution < 1.29 is 5.21 Å². The van der Waals surface area contributed by atoms with E-state index in [0.717, 1.165) is 10.0 Å². The van der Waals surface area contributed by atoms with Gasteiger partial charge in [0.2, 0.25) is 0 Å². The standard InChI is InChI=1S/C8H8BrNO/c1-6(10-11)7-4-2-3-5-8(7)9/h2-5,11H,1H3/b10-6-. The van der Waals surface area contributed by atoms with E-state index < -0.39 is 0 Å². The zero-order valence-electron chi connectivity index (χ0n) is 6.08. The van der Waals surface area contributed by atoms with E-state index in [2.05, 4.69) is 21.1 Å². The fraction of sp³-hybridized carbons (Fsp3) is 0.125. The van der Waals surface area contributed by atoms with Crippen LogP contribution in [-0.2, 0) is 0 Å². The highest BCUT2D eigenvalue weighted by Gasteiger charge is 2.00. The average molecular weight is 214 g/mol. The molecule has 0 unspecified atom stereocenters.